The summed E-state index contributed by atoms with van der Waals surface area (Å²) in [6.07, 6.45) is 15.5. The molecule has 0 fully saturated rings. The highest BCUT2D eigenvalue weighted by molar-refractivity contribution is 5.74. The van der Waals surface area contributed by atoms with Crippen molar-refractivity contribution in [3.63, 3.8) is 0 Å². The van der Waals surface area contributed by atoms with Crippen molar-refractivity contribution >= 4 is 11.9 Å². The average Bonchev–Trinajstić information content (AvgIpc) is 2.63. The smallest absolute Gasteiger partial charge is 0.320 e. The van der Waals surface area contributed by atoms with Gasteiger partial charge in [-0.2, -0.15) is 0 Å². The summed E-state index contributed by atoms with van der Waals surface area (Å²) in [5, 5.41) is 0. The van der Waals surface area contributed by atoms with Gasteiger partial charge in [0.25, 0.3) is 0 Å². The van der Waals surface area contributed by atoms with Crippen LogP contribution in [-0.2, 0) is 19.1 Å². The van der Waals surface area contributed by atoms with Crippen molar-refractivity contribution in [2.75, 3.05) is 27.2 Å². The van der Waals surface area contributed by atoms with E-state index in [0.717, 1.165) is 25.7 Å². The van der Waals surface area contributed by atoms with E-state index in [4.69, 9.17) is 4.74 Å². The molecule has 0 saturated heterocycles. The molecular weight excluding hydrogens is 342 g/mol. The fourth-order valence-corrected chi connectivity index (χ4v) is 3.17. The summed E-state index contributed by atoms with van der Waals surface area (Å²) in [5.74, 6) is -0.587. The molecule has 0 radical (unpaired) electrons. The Morgan fingerprint density at radius 2 is 1.19 bits per heavy atom. The average molecular weight is 386 g/mol. The van der Waals surface area contributed by atoms with E-state index in [9.17, 15) is 9.59 Å². The van der Waals surface area contributed by atoms with Crippen molar-refractivity contribution in [2.24, 2.45) is 0 Å². The molecule has 1 unspecified atom stereocenters. The van der Waals surface area contributed by atoms with Gasteiger partial charge in [0.1, 0.15) is 6.10 Å². The Bertz CT molecular complexity index is 373. The second-order valence-electron chi connectivity index (χ2n) is 7.62. The second kappa shape index (κ2) is 18.3. The zero-order valence-corrected chi connectivity index (χ0v) is 18.3. The van der Waals surface area contributed by atoms with E-state index in [0.29, 0.717) is 0 Å². The lowest BCUT2D eigenvalue weighted by Gasteiger charge is -2.20. The van der Waals surface area contributed by atoms with Crippen molar-refractivity contribution in [1.29, 1.82) is 0 Å². The van der Waals surface area contributed by atoms with E-state index in [1.165, 1.54) is 64.9 Å². The Morgan fingerprint density at radius 1 is 0.741 bits per heavy atom. The van der Waals surface area contributed by atoms with Gasteiger partial charge in [0.05, 0.1) is 20.2 Å². The molecule has 0 rings (SSSR count). The van der Waals surface area contributed by atoms with E-state index in [1.54, 1.807) is 11.9 Å². The van der Waals surface area contributed by atoms with Gasteiger partial charge in [-0.15, -0.1) is 0 Å². The molecule has 5 nitrogen and oxygen atoms in total. The Kier molecular flexibility index (Phi) is 17.5. The number of unbranched alkanes of at least 4 members (excludes halogenated alkanes) is 9. The number of methoxy groups -OCH3 is 1. The van der Waals surface area contributed by atoms with E-state index >= 15 is 0 Å². The minimum atomic E-state index is -0.343. The van der Waals surface area contributed by atoms with Gasteiger partial charge in [-0.05, 0) is 32.7 Å². The molecule has 0 saturated carbocycles. The van der Waals surface area contributed by atoms with Gasteiger partial charge >= 0.3 is 11.9 Å². The summed E-state index contributed by atoms with van der Waals surface area (Å²) < 4.78 is 10.4. The number of nitrogens with zero attached hydrogens (tertiary/aromatic N) is 1. The summed E-state index contributed by atoms with van der Waals surface area (Å²) in [4.78, 5) is 25.2. The summed E-state index contributed by atoms with van der Waals surface area (Å²) in [5.41, 5.74) is 0. The number of hydrogen-bond acceptors (Lipinski definition) is 5. The molecule has 0 aliphatic rings. The van der Waals surface area contributed by atoms with Crippen LogP contribution in [-0.4, -0.2) is 50.2 Å². The molecule has 0 bridgehead atoms. The van der Waals surface area contributed by atoms with Crippen LogP contribution < -0.4 is 0 Å². The third-order valence-corrected chi connectivity index (χ3v) is 4.83. The zero-order chi connectivity index (χ0) is 20.3. The standard InChI is InChI=1S/C22H43NO4/c1-5-7-9-11-13-15-17-20(16-14-12-10-8-6-2)27-22(25)19-23(3)18-21(24)26-4/h20H,5-19H2,1-4H3. The lowest BCUT2D eigenvalue weighted by molar-refractivity contribution is -0.151. The van der Waals surface area contributed by atoms with Crippen LogP contribution in [0, 0.1) is 0 Å². The van der Waals surface area contributed by atoms with Gasteiger partial charge < -0.3 is 9.47 Å². The monoisotopic (exact) mass is 385 g/mol. The Hall–Kier alpha value is -1.10. The third kappa shape index (κ3) is 16.8. The molecule has 160 valence electrons. The first-order valence-corrected chi connectivity index (χ1v) is 11.0. The molecule has 0 aliphatic carbocycles. The third-order valence-electron chi connectivity index (χ3n) is 4.83. The predicted octanol–water partition coefficient (Wildman–Crippen LogP) is 5.11. The van der Waals surface area contributed by atoms with Gasteiger partial charge in [0, 0.05) is 0 Å². The van der Waals surface area contributed by atoms with Crippen molar-refractivity contribution in [2.45, 2.75) is 103 Å². The van der Waals surface area contributed by atoms with Crippen LogP contribution in [0.4, 0.5) is 0 Å². The van der Waals surface area contributed by atoms with E-state index < -0.39 is 0 Å². The minimum Gasteiger partial charge on any atom is -0.468 e. The van der Waals surface area contributed by atoms with Crippen molar-refractivity contribution in [3.8, 4) is 0 Å². The van der Waals surface area contributed by atoms with Gasteiger partial charge in [-0.25, -0.2) is 0 Å². The van der Waals surface area contributed by atoms with E-state index in [1.807, 2.05) is 0 Å². The second-order valence-corrected chi connectivity index (χ2v) is 7.62. The van der Waals surface area contributed by atoms with Crippen LogP contribution in [0.25, 0.3) is 0 Å². The predicted molar refractivity (Wildman–Crippen MR) is 111 cm³/mol. The number of likely N-dealkylation sites (N-methyl/N-ethyl adjacent to an activating group) is 1. The summed E-state index contributed by atoms with van der Waals surface area (Å²) in [6, 6.07) is 0. The van der Waals surface area contributed by atoms with Crippen molar-refractivity contribution in [3.05, 3.63) is 0 Å². The molecule has 0 aromatic carbocycles. The lowest BCUT2D eigenvalue weighted by atomic mass is 10.0. The van der Waals surface area contributed by atoms with Gasteiger partial charge in [0.15, 0.2) is 0 Å². The first-order chi connectivity index (χ1) is 13.0. The maximum atomic E-state index is 12.2. The van der Waals surface area contributed by atoms with Crippen LogP contribution >= 0.6 is 0 Å². The summed E-state index contributed by atoms with van der Waals surface area (Å²) in [7, 11) is 3.08. The molecule has 27 heavy (non-hydrogen) atoms. The molecule has 0 heterocycles. The molecule has 0 aromatic rings. The topological polar surface area (TPSA) is 55.8 Å². The minimum absolute atomic E-state index is 0.0110. The molecular formula is C22H43NO4. The highest BCUT2D eigenvalue weighted by atomic mass is 16.5. The first kappa shape index (κ1) is 25.9. The maximum absolute atomic E-state index is 12.2. The fraction of sp³-hybridized carbons (Fsp3) is 0.909. The number of rotatable bonds is 18. The first-order valence-electron chi connectivity index (χ1n) is 11.0. The van der Waals surface area contributed by atoms with Crippen molar-refractivity contribution in [1.82, 2.24) is 4.90 Å². The molecule has 0 aliphatic heterocycles. The van der Waals surface area contributed by atoms with Gasteiger partial charge in [-0.3, -0.25) is 14.5 Å². The Morgan fingerprint density at radius 3 is 1.67 bits per heavy atom. The molecule has 0 spiro atoms. The van der Waals surface area contributed by atoms with Gasteiger partial charge in [0.2, 0.25) is 0 Å². The van der Waals surface area contributed by atoms with Crippen LogP contribution in [0.1, 0.15) is 97.3 Å². The van der Waals surface area contributed by atoms with Crippen molar-refractivity contribution < 1.29 is 19.1 Å². The Labute approximate surface area is 167 Å². The largest absolute Gasteiger partial charge is 0.468 e. The fourth-order valence-electron chi connectivity index (χ4n) is 3.17. The number of carbonyl (C=O) groups excluding carboxylic acids is 2. The summed E-state index contributed by atoms with van der Waals surface area (Å²) >= 11 is 0. The zero-order valence-electron chi connectivity index (χ0n) is 18.3. The molecule has 1 atom stereocenters. The number of carbonyl (C=O) groups is 2. The molecule has 0 amide bonds. The molecule has 0 N–H and O–H groups in total. The lowest BCUT2D eigenvalue weighted by Crippen LogP contribution is -2.34. The number of hydrogen-bond donors (Lipinski definition) is 0. The van der Waals surface area contributed by atoms with E-state index in [-0.39, 0.29) is 31.1 Å². The molecule has 5 heteroatoms. The SMILES string of the molecule is CCCCCCCCC(CCCCCCC)OC(=O)CN(C)CC(=O)OC. The van der Waals surface area contributed by atoms with E-state index in [2.05, 4.69) is 18.6 Å². The maximum Gasteiger partial charge on any atom is 0.320 e. The number of esters is 2. The van der Waals surface area contributed by atoms with Crippen LogP contribution in [0.15, 0.2) is 0 Å². The Balaban J connectivity index is 4.23. The normalized spacial score (nSPS) is 12.2. The van der Waals surface area contributed by atoms with Crippen LogP contribution in [0.2, 0.25) is 0 Å². The highest BCUT2D eigenvalue weighted by Crippen LogP contribution is 2.17. The molecule has 0 aromatic heterocycles. The summed E-state index contributed by atoms with van der Waals surface area (Å²) in [6.45, 7) is 4.67. The highest BCUT2D eigenvalue weighted by Gasteiger charge is 2.17. The number of ether oxygens (including phenoxy) is 2. The van der Waals surface area contributed by atoms with Crippen LogP contribution in [0.5, 0.6) is 0 Å². The van der Waals surface area contributed by atoms with Gasteiger partial charge in [-0.1, -0.05) is 71.6 Å². The van der Waals surface area contributed by atoms with Crippen LogP contribution in [0.3, 0.4) is 0 Å². The quantitative estimate of drug-likeness (QED) is 0.242.